The van der Waals surface area contributed by atoms with Gasteiger partial charge < -0.3 is 10.1 Å². The van der Waals surface area contributed by atoms with Crippen LogP contribution in [-0.4, -0.2) is 40.3 Å². The SMILES string of the molecule is COc1ccc(Cc2nnc(Nc3ccc(CN4CCCC4)cc3)[nH]c2=O)cc1. The van der Waals surface area contributed by atoms with Gasteiger partial charge in [-0.05, 0) is 61.3 Å². The van der Waals surface area contributed by atoms with E-state index in [9.17, 15) is 4.79 Å². The molecular weight excluding hydrogens is 366 g/mol. The van der Waals surface area contributed by atoms with Crippen LogP contribution < -0.4 is 15.6 Å². The number of aromatic nitrogens is 3. The van der Waals surface area contributed by atoms with Crippen molar-refractivity contribution in [1.29, 1.82) is 0 Å². The Labute approximate surface area is 169 Å². The molecule has 7 nitrogen and oxygen atoms in total. The summed E-state index contributed by atoms with van der Waals surface area (Å²) in [7, 11) is 1.62. The number of nitrogens with one attached hydrogen (secondary N) is 2. The molecule has 0 amide bonds. The van der Waals surface area contributed by atoms with Gasteiger partial charge in [0.1, 0.15) is 11.4 Å². The highest BCUT2D eigenvalue weighted by atomic mass is 16.5. The standard InChI is InChI=1S/C22H25N5O2/c1-29-19-10-6-16(7-11-19)14-20-21(28)24-22(26-25-20)23-18-8-4-17(5-9-18)15-27-12-2-3-13-27/h4-11H,2-3,12-15H2,1H3,(H2,23,24,26,28). The Morgan fingerprint density at radius 2 is 1.69 bits per heavy atom. The van der Waals surface area contributed by atoms with Crippen molar-refractivity contribution in [1.82, 2.24) is 20.1 Å². The predicted molar refractivity (Wildman–Crippen MR) is 113 cm³/mol. The molecule has 1 fully saturated rings. The number of benzene rings is 2. The van der Waals surface area contributed by atoms with Crippen molar-refractivity contribution < 1.29 is 4.74 Å². The minimum absolute atomic E-state index is 0.246. The lowest BCUT2D eigenvalue weighted by Gasteiger charge is -2.14. The molecule has 1 aliphatic rings. The van der Waals surface area contributed by atoms with Crippen LogP contribution in [0.15, 0.2) is 53.3 Å². The normalized spacial score (nSPS) is 14.1. The summed E-state index contributed by atoms with van der Waals surface area (Å²) in [6.45, 7) is 3.34. The Morgan fingerprint density at radius 3 is 2.34 bits per heavy atom. The van der Waals surface area contributed by atoms with Crippen LogP contribution >= 0.6 is 0 Å². The second-order valence-corrected chi connectivity index (χ2v) is 7.28. The van der Waals surface area contributed by atoms with Gasteiger partial charge in [-0.3, -0.25) is 14.7 Å². The van der Waals surface area contributed by atoms with Gasteiger partial charge in [0, 0.05) is 18.7 Å². The molecule has 29 heavy (non-hydrogen) atoms. The fourth-order valence-corrected chi connectivity index (χ4v) is 3.50. The average Bonchev–Trinajstić information content (AvgIpc) is 3.25. The molecule has 1 saturated heterocycles. The summed E-state index contributed by atoms with van der Waals surface area (Å²) in [4.78, 5) is 17.6. The number of likely N-dealkylation sites (tertiary alicyclic amines) is 1. The molecule has 0 aliphatic carbocycles. The maximum Gasteiger partial charge on any atom is 0.274 e. The molecule has 0 unspecified atom stereocenters. The smallest absolute Gasteiger partial charge is 0.274 e. The number of ether oxygens (including phenoxy) is 1. The second-order valence-electron chi connectivity index (χ2n) is 7.28. The summed E-state index contributed by atoms with van der Waals surface area (Å²) in [5.41, 5.74) is 3.25. The van der Waals surface area contributed by atoms with Gasteiger partial charge in [-0.25, -0.2) is 0 Å². The Kier molecular flexibility index (Phi) is 5.86. The van der Waals surface area contributed by atoms with Crippen LogP contribution in [0.5, 0.6) is 5.75 Å². The number of nitrogens with zero attached hydrogens (tertiary/aromatic N) is 3. The van der Waals surface area contributed by atoms with E-state index in [2.05, 4.69) is 37.5 Å². The number of hydrogen-bond donors (Lipinski definition) is 2. The number of rotatable bonds is 7. The van der Waals surface area contributed by atoms with Crippen molar-refractivity contribution in [3.05, 3.63) is 75.7 Å². The van der Waals surface area contributed by atoms with Crippen LogP contribution in [0.3, 0.4) is 0 Å². The molecule has 2 heterocycles. The number of H-pyrrole nitrogens is 1. The first kappa shape index (κ1) is 19.1. The van der Waals surface area contributed by atoms with Gasteiger partial charge in [0.25, 0.3) is 5.56 Å². The predicted octanol–water partition coefficient (Wildman–Crippen LogP) is 3.10. The summed E-state index contributed by atoms with van der Waals surface area (Å²) in [5, 5.41) is 11.3. The van der Waals surface area contributed by atoms with Gasteiger partial charge in [0.2, 0.25) is 5.95 Å². The summed E-state index contributed by atoms with van der Waals surface area (Å²) < 4.78 is 5.15. The van der Waals surface area contributed by atoms with Crippen LogP contribution in [0.25, 0.3) is 0 Å². The molecule has 1 aliphatic heterocycles. The molecule has 0 bridgehead atoms. The average molecular weight is 391 g/mol. The fourth-order valence-electron chi connectivity index (χ4n) is 3.50. The van der Waals surface area contributed by atoms with E-state index in [-0.39, 0.29) is 5.56 Å². The number of anilines is 2. The van der Waals surface area contributed by atoms with Gasteiger partial charge >= 0.3 is 0 Å². The van der Waals surface area contributed by atoms with Crippen LogP contribution in [0, 0.1) is 0 Å². The molecule has 0 atom stereocenters. The quantitative estimate of drug-likeness (QED) is 0.644. The van der Waals surface area contributed by atoms with E-state index >= 15 is 0 Å². The molecule has 4 rings (SSSR count). The summed E-state index contributed by atoms with van der Waals surface area (Å²) >= 11 is 0. The first-order valence-corrected chi connectivity index (χ1v) is 9.87. The van der Waals surface area contributed by atoms with Crippen molar-refractivity contribution >= 4 is 11.6 Å². The molecule has 2 aromatic carbocycles. The zero-order chi connectivity index (χ0) is 20.1. The minimum Gasteiger partial charge on any atom is -0.497 e. The maximum atomic E-state index is 12.4. The third kappa shape index (κ3) is 5.00. The van der Waals surface area contributed by atoms with Gasteiger partial charge in [-0.15, -0.1) is 10.2 Å². The third-order valence-corrected chi connectivity index (χ3v) is 5.12. The number of hydrogen-bond acceptors (Lipinski definition) is 6. The highest BCUT2D eigenvalue weighted by Gasteiger charge is 2.11. The Balaban J connectivity index is 1.39. The summed E-state index contributed by atoms with van der Waals surface area (Å²) in [5.74, 6) is 1.11. The first-order valence-electron chi connectivity index (χ1n) is 9.87. The fraction of sp³-hybridized carbons (Fsp3) is 0.318. The second kappa shape index (κ2) is 8.87. The van der Waals surface area contributed by atoms with Crippen molar-refractivity contribution in [2.45, 2.75) is 25.8 Å². The third-order valence-electron chi connectivity index (χ3n) is 5.12. The van der Waals surface area contributed by atoms with Gasteiger partial charge in [0.05, 0.1) is 7.11 Å². The molecule has 3 aromatic rings. The molecule has 1 aromatic heterocycles. The lowest BCUT2D eigenvalue weighted by Crippen LogP contribution is -2.19. The molecule has 7 heteroatoms. The Hall–Kier alpha value is -3.19. The highest BCUT2D eigenvalue weighted by molar-refractivity contribution is 5.53. The Morgan fingerprint density at radius 1 is 1.00 bits per heavy atom. The highest BCUT2D eigenvalue weighted by Crippen LogP contribution is 2.17. The first-order chi connectivity index (χ1) is 14.2. The lowest BCUT2D eigenvalue weighted by atomic mass is 10.1. The Bertz CT molecular complexity index is 993. The number of aromatic amines is 1. The van der Waals surface area contributed by atoms with Crippen LogP contribution in [0.4, 0.5) is 11.6 Å². The lowest BCUT2D eigenvalue weighted by molar-refractivity contribution is 0.331. The van der Waals surface area contributed by atoms with E-state index in [0.29, 0.717) is 18.1 Å². The van der Waals surface area contributed by atoms with Gasteiger partial charge in [0.15, 0.2) is 0 Å². The topological polar surface area (TPSA) is 83.1 Å². The maximum absolute atomic E-state index is 12.4. The van der Waals surface area contributed by atoms with E-state index in [1.165, 1.54) is 31.5 Å². The largest absolute Gasteiger partial charge is 0.497 e. The van der Waals surface area contributed by atoms with Crippen LogP contribution in [-0.2, 0) is 13.0 Å². The monoisotopic (exact) mass is 391 g/mol. The molecule has 0 radical (unpaired) electrons. The zero-order valence-corrected chi connectivity index (χ0v) is 16.5. The van der Waals surface area contributed by atoms with Crippen molar-refractivity contribution in [2.75, 3.05) is 25.5 Å². The van der Waals surface area contributed by atoms with E-state index in [0.717, 1.165) is 23.5 Å². The van der Waals surface area contributed by atoms with Gasteiger partial charge in [-0.1, -0.05) is 24.3 Å². The van der Waals surface area contributed by atoms with Gasteiger partial charge in [-0.2, -0.15) is 0 Å². The van der Waals surface area contributed by atoms with Crippen LogP contribution in [0.1, 0.15) is 29.7 Å². The molecule has 150 valence electrons. The minimum atomic E-state index is -0.246. The summed E-state index contributed by atoms with van der Waals surface area (Å²) in [6.07, 6.45) is 3.00. The van der Waals surface area contributed by atoms with E-state index < -0.39 is 0 Å². The van der Waals surface area contributed by atoms with Crippen LogP contribution in [0.2, 0.25) is 0 Å². The van der Waals surface area contributed by atoms with Crippen molar-refractivity contribution in [3.63, 3.8) is 0 Å². The van der Waals surface area contributed by atoms with Crippen molar-refractivity contribution in [3.8, 4) is 5.75 Å². The van der Waals surface area contributed by atoms with E-state index in [1.54, 1.807) is 7.11 Å². The summed E-state index contributed by atoms with van der Waals surface area (Å²) in [6, 6.07) is 15.7. The molecular formula is C22H25N5O2. The number of methoxy groups -OCH3 is 1. The van der Waals surface area contributed by atoms with E-state index in [4.69, 9.17) is 4.74 Å². The molecule has 2 N–H and O–H groups in total. The zero-order valence-electron chi connectivity index (χ0n) is 16.5. The molecule has 0 spiro atoms. The van der Waals surface area contributed by atoms with E-state index in [1.807, 2.05) is 36.4 Å². The van der Waals surface area contributed by atoms with Crippen molar-refractivity contribution in [2.24, 2.45) is 0 Å². The molecule has 0 saturated carbocycles.